The smallest absolute Gasteiger partial charge is 0.352 e. The van der Waals surface area contributed by atoms with Crippen LogP contribution in [0.5, 0.6) is 0 Å². The van der Waals surface area contributed by atoms with Gasteiger partial charge in [0, 0.05) is 50.9 Å². The molecule has 0 radical (unpaired) electrons. The Labute approximate surface area is 239 Å². The summed E-state index contributed by atoms with van der Waals surface area (Å²) in [4.78, 5) is 28.4. The van der Waals surface area contributed by atoms with E-state index in [0.29, 0.717) is 54.7 Å². The number of halogens is 3. The third kappa shape index (κ3) is 6.36. The van der Waals surface area contributed by atoms with E-state index < -0.39 is 21.8 Å². The van der Waals surface area contributed by atoms with Crippen LogP contribution in [0.2, 0.25) is 0 Å². The van der Waals surface area contributed by atoms with Crippen molar-refractivity contribution >= 4 is 21.7 Å². The van der Waals surface area contributed by atoms with Crippen LogP contribution in [0.25, 0.3) is 0 Å². The molecule has 3 aliphatic heterocycles. The first kappa shape index (κ1) is 29.7. The number of fused-ring (bicyclic) bond motifs is 1. The van der Waals surface area contributed by atoms with Gasteiger partial charge < -0.3 is 14.7 Å². The van der Waals surface area contributed by atoms with E-state index in [1.165, 1.54) is 23.0 Å². The van der Waals surface area contributed by atoms with Crippen LogP contribution in [-0.2, 0) is 29.2 Å². The van der Waals surface area contributed by atoms with Crippen LogP contribution >= 0.6 is 0 Å². The first-order valence-corrected chi connectivity index (χ1v) is 15.9. The minimum absolute atomic E-state index is 0.0259. The van der Waals surface area contributed by atoms with Gasteiger partial charge in [-0.1, -0.05) is 6.07 Å². The molecule has 2 saturated heterocycles. The van der Waals surface area contributed by atoms with Crippen molar-refractivity contribution in [2.24, 2.45) is 0 Å². The van der Waals surface area contributed by atoms with Crippen molar-refractivity contribution in [3.63, 3.8) is 0 Å². The summed E-state index contributed by atoms with van der Waals surface area (Å²) in [5.74, 6) is 0.415. The summed E-state index contributed by atoms with van der Waals surface area (Å²) in [5, 5.41) is 0. The molecule has 1 amide bonds. The minimum atomic E-state index is -4.40. The Morgan fingerprint density at radius 1 is 1.00 bits per heavy atom. The molecule has 0 N–H and O–H groups in total. The number of rotatable bonds is 5. The average Bonchev–Trinajstić information content (AvgIpc) is 2.95. The van der Waals surface area contributed by atoms with E-state index in [4.69, 9.17) is 0 Å². The van der Waals surface area contributed by atoms with Gasteiger partial charge in [-0.05, 0) is 75.4 Å². The second-order valence-corrected chi connectivity index (χ2v) is 13.4. The number of carbonyl (C=O) groups is 1. The van der Waals surface area contributed by atoms with Crippen LogP contribution in [0.3, 0.4) is 0 Å². The molecule has 0 spiro atoms. The Bertz CT molecular complexity index is 1390. The number of nitrogens with zero attached hydrogens (tertiary/aromatic N) is 6. The normalized spacial score (nSPS) is 20.0. The van der Waals surface area contributed by atoms with Crippen molar-refractivity contribution < 1.29 is 26.4 Å². The number of alkyl halides is 3. The van der Waals surface area contributed by atoms with Crippen LogP contribution in [0.4, 0.5) is 19.0 Å². The standard InChI is InChI=1S/C28H37F3N6O3S/c1-19-25(32-18-33-26(19)37-11-6-20-4-5-22(28(29,30)31)16-21(20)17-37)27(38)36-14-9-24(10-15-36)35-12-7-23(8-13-35)34(2)41(3,39)40/h4-5,16,18,23-24H,6-15,17H2,1-3H3. The summed E-state index contributed by atoms with van der Waals surface area (Å²) in [7, 11) is -1.56. The SMILES string of the molecule is Cc1c(C(=O)N2CCC(N3CCC(N(C)S(C)(=O)=O)CC3)CC2)ncnc1N1CCc2ccc(C(F)(F)F)cc2C1. The maximum absolute atomic E-state index is 13.5. The van der Waals surface area contributed by atoms with Gasteiger partial charge in [-0.3, -0.25) is 4.79 Å². The van der Waals surface area contributed by atoms with Crippen molar-refractivity contribution in [2.45, 2.75) is 63.8 Å². The van der Waals surface area contributed by atoms with E-state index in [0.717, 1.165) is 50.4 Å². The van der Waals surface area contributed by atoms with Crippen molar-refractivity contribution in [3.05, 3.63) is 52.5 Å². The van der Waals surface area contributed by atoms with E-state index in [1.807, 2.05) is 9.80 Å². The summed E-state index contributed by atoms with van der Waals surface area (Å²) in [6.45, 7) is 5.54. The summed E-state index contributed by atoms with van der Waals surface area (Å²) in [6, 6.07) is 4.26. The molecule has 2 aromatic rings. The monoisotopic (exact) mass is 594 g/mol. The van der Waals surface area contributed by atoms with Gasteiger partial charge in [0.2, 0.25) is 10.0 Å². The molecular formula is C28H37F3N6O3S. The van der Waals surface area contributed by atoms with Crippen LogP contribution in [0, 0.1) is 6.92 Å². The molecule has 1 aromatic carbocycles. The van der Waals surface area contributed by atoms with Crippen molar-refractivity contribution in [2.75, 3.05) is 50.9 Å². The number of benzene rings is 1. The van der Waals surface area contributed by atoms with Crippen LogP contribution in [0.1, 0.15) is 58.4 Å². The summed E-state index contributed by atoms with van der Waals surface area (Å²) in [5.41, 5.74) is 1.81. The van der Waals surface area contributed by atoms with Gasteiger partial charge in [0.15, 0.2) is 0 Å². The molecule has 224 valence electrons. The molecule has 0 bridgehead atoms. The van der Waals surface area contributed by atoms with Crippen molar-refractivity contribution in [1.82, 2.24) is 24.1 Å². The molecule has 41 heavy (non-hydrogen) atoms. The third-order valence-electron chi connectivity index (χ3n) is 8.91. The molecule has 3 aliphatic rings. The molecule has 4 heterocycles. The zero-order chi connectivity index (χ0) is 29.5. The Morgan fingerprint density at radius 3 is 2.32 bits per heavy atom. The van der Waals surface area contributed by atoms with Gasteiger partial charge in [0.25, 0.3) is 5.91 Å². The van der Waals surface area contributed by atoms with Gasteiger partial charge in [-0.2, -0.15) is 13.2 Å². The number of amides is 1. The van der Waals surface area contributed by atoms with E-state index in [-0.39, 0.29) is 18.5 Å². The highest BCUT2D eigenvalue weighted by Gasteiger charge is 2.34. The lowest BCUT2D eigenvalue weighted by atomic mass is 9.96. The van der Waals surface area contributed by atoms with Gasteiger partial charge in [-0.25, -0.2) is 22.7 Å². The number of aromatic nitrogens is 2. The molecule has 0 saturated carbocycles. The maximum Gasteiger partial charge on any atom is 0.416 e. The first-order valence-electron chi connectivity index (χ1n) is 14.0. The predicted molar refractivity (Wildman–Crippen MR) is 149 cm³/mol. The molecule has 5 rings (SSSR count). The second kappa shape index (κ2) is 11.5. The number of likely N-dealkylation sites (tertiary alicyclic amines) is 2. The quantitative estimate of drug-likeness (QED) is 0.525. The van der Waals surface area contributed by atoms with Gasteiger partial charge in [0.05, 0.1) is 11.8 Å². The molecular weight excluding hydrogens is 557 g/mol. The van der Waals surface area contributed by atoms with E-state index in [9.17, 15) is 26.4 Å². The topological polar surface area (TPSA) is 90.0 Å². The summed E-state index contributed by atoms with van der Waals surface area (Å²) >= 11 is 0. The van der Waals surface area contributed by atoms with Crippen LogP contribution in [-0.4, -0.2) is 96.5 Å². The van der Waals surface area contributed by atoms with E-state index in [1.54, 1.807) is 20.0 Å². The van der Waals surface area contributed by atoms with E-state index >= 15 is 0 Å². The van der Waals surface area contributed by atoms with Gasteiger partial charge >= 0.3 is 6.18 Å². The Kier molecular flexibility index (Phi) is 8.32. The fourth-order valence-corrected chi connectivity index (χ4v) is 7.11. The zero-order valence-corrected chi connectivity index (χ0v) is 24.5. The van der Waals surface area contributed by atoms with Gasteiger partial charge in [-0.15, -0.1) is 0 Å². The molecule has 0 aliphatic carbocycles. The zero-order valence-electron chi connectivity index (χ0n) is 23.7. The minimum Gasteiger partial charge on any atom is -0.352 e. The fourth-order valence-electron chi connectivity index (χ4n) is 6.36. The fraction of sp³-hybridized carbons (Fsp3) is 0.607. The molecule has 13 heteroatoms. The molecule has 1 aromatic heterocycles. The molecule has 0 atom stereocenters. The molecule has 9 nitrogen and oxygen atoms in total. The van der Waals surface area contributed by atoms with Crippen molar-refractivity contribution in [1.29, 1.82) is 0 Å². The molecule has 0 unspecified atom stereocenters. The highest BCUT2D eigenvalue weighted by Crippen LogP contribution is 2.34. The molecule has 2 fully saturated rings. The lowest BCUT2D eigenvalue weighted by Crippen LogP contribution is -2.52. The number of carbonyl (C=O) groups excluding carboxylic acids is 1. The lowest BCUT2D eigenvalue weighted by Gasteiger charge is -2.43. The highest BCUT2D eigenvalue weighted by atomic mass is 32.2. The largest absolute Gasteiger partial charge is 0.416 e. The van der Waals surface area contributed by atoms with Crippen molar-refractivity contribution in [3.8, 4) is 0 Å². The Hall–Kier alpha value is -2.77. The highest BCUT2D eigenvalue weighted by molar-refractivity contribution is 7.88. The second-order valence-electron chi connectivity index (χ2n) is 11.4. The van der Waals surface area contributed by atoms with E-state index in [2.05, 4.69) is 14.9 Å². The summed E-state index contributed by atoms with van der Waals surface area (Å²) < 4.78 is 65.1. The van der Waals surface area contributed by atoms with Crippen LogP contribution in [0.15, 0.2) is 24.5 Å². The Morgan fingerprint density at radius 2 is 1.68 bits per heavy atom. The predicted octanol–water partition coefficient (Wildman–Crippen LogP) is 3.33. The first-order chi connectivity index (χ1) is 19.3. The number of sulfonamides is 1. The van der Waals surface area contributed by atoms with Crippen LogP contribution < -0.4 is 4.90 Å². The Balaban J connectivity index is 1.21. The summed E-state index contributed by atoms with van der Waals surface area (Å²) in [6.07, 6.45) is 2.05. The average molecular weight is 595 g/mol. The number of hydrogen-bond donors (Lipinski definition) is 0. The lowest BCUT2D eigenvalue weighted by molar-refractivity contribution is -0.137. The number of piperidine rings is 2. The number of anilines is 1. The third-order valence-corrected chi connectivity index (χ3v) is 10.3. The number of hydrogen-bond acceptors (Lipinski definition) is 7. The van der Waals surface area contributed by atoms with Gasteiger partial charge in [0.1, 0.15) is 17.8 Å². The maximum atomic E-state index is 13.5.